The predicted octanol–water partition coefficient (Wildman–Crippen LogP) is 4.14. The second-order valence-electron chi connectivity index (χ2n) is 4.93. The molecule has 1 amide bonds. The fraction of sp³-hybridized carbons (Fsp3) is 0.176. The smallest absolute Gasteiger partial charge is 0.338 e. The lowest BCUT2D eigenvalue weighted by Crippen LogP contribution is -2.31. The number of rotatable bonds is 5. The summed E-state index contributed by atoms with van der Waals surface area (Å²) in [5.74, 6) is -0.949. The molecule has 0 heterocycles. The van der Waals surface area contributed by atoms with E-state index in [9.17, 15) is 9.59 Å². The van der Waals surface area contributed by atoms with Gasteiger partial charge in [0.2, 0.25) is 0 Å². The molecule has 0 aromatic heterocycles. The van der Waals surface area contributed by atoms with Crippen LogP contribution in [0.5, 0.6) is 0 Å². The highest BCUT2D eigenvalue weighted by Crippen LogP contribution is 2.16. The maximum absolute atomic E-state index is 11.9. The minimum atomic E-state index is -0.584. The minimum absolute atomic E-state index is 0.180. The van der Waals surface area contributed by atoms with Crippen LogP contribution in [0, 0.1) is 0 Å². The van der Waals surface area contributed by atoms with Crippen molar-refractivity contribution in [3.8, 4) is 0 Å². The summed E-state index contributed by atoms with van der Waals surface area (Å²) in [5, 5.41) is 3.21. The molecule has 0 aliphatic rings. The van der Waals surface area contributed by atoms with Gasteiger partial charge in [-0.15, -0.1) is 0 Å². The van der Waals surface area contributed by atoms with Gasteiger partial charge in [-0.05, 0) is 42.8 Å². The number of amides is 1. The van der Waals surface area contributed by atoms with Crippen LogP contribution in [0.2, 0.25) is 5.02 Å². The van der Waals surface area contributed by atoms with Crippen molar-refractivity contribution in [2.75, 3.05) is 6.61 Å². The van der Waals surface area contributed by atoms with Crippen LogP contribution < -0.4 is 5.32 Å². The summed E-state index contributed by atoms with van der Waals surface area (Å²) in [5.41, 5.74) is 1.27. The maximum atomic E-state index is 11.9. The van der Waals surface area contributed by atoms with Crippen molar-refractivity contribution in [2.24, 2.45) is 0 Å². The Labute approximate surface area is 147 Å². The number of esters is 1. The Morgan fingerprint density at radius 3 is 2.57 bits per heavy atom. The fourth-order valence-corrected chi connectivity index (χ4v) is 2.40. The average molecular weight is 397 g/mol. The van der Waals surface area contributed by atoms with Crippen molar-refractivity contribution in [1.29, 1.82) is 0 Å². The summed E-state index contributed by atoms with van der Waals surface area (Å²) in [7, 11) is 0. The van der Waals surface area contributed by atoms with E-state index in [0.29, 0.717) is 10.6 Å². The molecule has 120 valence electrons. The number of benzene rings is 2. The molecule has 0 bridgehead atoms. The average Bonchev–Trinajstić information content (AvgIpc) is 2.53. The number of hydrogen-bond donors (Lipinski definition) is 1. The molecular formula is C17H15BrClNO3. The molecule has 0 spiro atoms. The van der Waals surface area contributed by atoms with Gasteiger partial charge >= 0.3 is 5.97 Å². The van der Waals surface area contributed by atoms with E-state index in [0.717, 1.165) is 10.0 Å². The third-order valence-corrected chi connectivity index (χ3v) is 3.91. The van der Waals surface area contributed by atoms with E-state index in [4.69, 9.17) is 16.3 Å². The molecule has 0 aliphatic carbocycles. The molecule has 1 N–H and O–H groups in total. The first kappa shape index (κ1) is 17.5. The summed E-state index contributed by atoms with van der Waals surface area (Å²) < 4.78 is 5.95. The Kier molecular flexibility index (Phi) is 6.19. The first-order valence-corrected chi connectivity index (χ1v) is 8.10. The highest BCUT2D eigenvalue weighted by atomic mass is 79.9. The molecule has 0 fully saturated rings. The van der Waals surface area contributed by atoms with Gasteiger partial charge in [0.05, 0.1) is 11.6 Å². The van der Waals surface area contributed by atoms with Crippen molar-refractivity contribution in [1.82, 2.24) is 5.32 Å². The number of hydrogen-bond acceptors (Lipinski definition) is 3. The highest BCUT2D eigenvalue weighted by Gasteiger charge is 2.13. The topological polar surface area (TPSA) is 55.4 Å². The molecule has 4 nitrogen and oxygen atoms in total. The van der Waals surface area contributed by atoms with Crippen LogP contribution in [-0.4, -0.2) is 18.5 Å². The van der Waals surface area contributed by atoms with Gasteiger partial charge < -0.3 is 10.1 Å². The van der Waals surface area contributed by atoms with Crippen LogP contribution in [0.15, 0.2) is 53.0 Å². The molecule has 6 heteroatoms. The van der Waals surface area contributed by atoms with Gasteiger partial charge in [0.1, 0.15) is 0 Å². The summed E-state index contributed by atoms with van der Waals surface area (Å²) in [6.07, 6.45) is 0. The summed E-state index contributed by atoms with van der Waals surface area (Å²) in [6.45, 7) is 1.52. The monoisotopic (exact) mass is 395 g/mol. The number of ether oxygens (including phenoxy) is 1. The maximum Gasteiger partial charge on any atom is 0.338 e. The second-order valence-corrected chi connectivity index (χ2v) is 6.28. The van der Waals surface area contributed by atoms with Crippen molar-refractivity contribution in [2.45, 2.75) is 13.0 Å². The number of halogens is 2. The van der Waals surface area contributed by atoms with Gasteiger partial charge in [-0.1, -0.05) is 45.7 Å². The normalized spacial score (nSPS) is 11.6. The van der Waals surface area contributed by atoms with E-state index >= 15 is 0 Å². The van der Waals surface area contributed by atoms with Crippen LogP contribution in [0.4, 0.5) is 0 Å². The van der Waals surface area contributed by atoms with Gasteiger partial charge in [0, 0.05) is 9.50 Å². The lowest BCUT2D eigenvalue weighted by atomic mass is 10.1. The molecule has 2 aromatic rings. The predicted molar refractivity (Wildman–Crippen MR) is 92.4 cm³/mol. The van der Waals surface area contributed by atoms with E-state index in [1.54, 1.807) is 18.2 Å². The van der Waals surface area contributed by atoms with Crippen LogP contribution in [0.25, 0.3) is 0 Å². The Morgan fingerprint density at radius 1 is 1.22 bits per heavy atom. The summed E-state index contributed by atoms with van der Waals surface area (Å²) in [4.78, 5) is 23.7. The van der Waals surface area contributed by atoms with Crippen molar-refractivity contribution in [3.63, 3.8) is 0 Å². The van der Waals surface area contributed by atoms with Crippen LogP contribution >= 0.6 is 27.5 Å². The van der Waals surface area contributed by atoms with E-state index in [2.05, 4.69) is 21.2 Å². The fourth-order valence-electron chi connectivity index (χ4n) is 1.95. The van der Waals surface area contributed by atoms with Crippen LogP contribution in [0.3, 0.4) is 0 Å². The first-order chi connectivity index (χ1) is 11.0. The van der Waals surface area contributed by atoms with E-state index in [1.165, 1.54) is 6.07 Å². The third-order valence-electron chi connectivity index (χ3n) is 3.14. The molecule has 0 aliphatic heterocycles. The zero-order chi connectivity index (χ0) is 16.8. The van der Waals surface area contributed by atoms with Crippen molar-refractivity contribution < 1.29 is 14.3 Å². The van der Waals surface area contributed by atoms with Crippen LogP contribution in [0.1, 0.15) is 28.9 Å². The SMILES string of the molecule is CC(NC(=O)COC(=O)c1cccc(Cl)c1)c1ccc(Br)cc1. The molecular weight excluding hydrogens is 382 g/mol. The summed E-state index contributed by atoms with van der Waals surface area (Å²) >= 11 is 9.17. The molecule has 1 atom stereocenters. The lowest BCUT2D eigenvalue weighted by Gasteiger charge is -2.14. The molecule has 1 unspecified atom stereocenters. The second kappa shape index (κ2) is 8.13. The summed E-state index contributed by atoms with van der Waals surface area (Å²) in [6, 6.07) is 13.8. The van der Waals surface area contributed by atoms with Gasteiger partial charge in [0.25, 0.3) is 5.91 Å². The first-order valence-electron chi connectivity index (χ1n) is 6.93. The Bertz CT molecular complexity index is 703. The minimum Gasteiger partial charge on any atom is -0.452 e. The third kappa shape index (κ3) is 5.37. The molecule has 2 rings (SSSR count). The van der Waals surface area contributed by atoms with Gasteiger partial charge in [0.15, 0.2) is 6.61 Å². The lowest BCUT2D eigenvalue weighted by molar-refractivity contribution is -0.124. The Hall–Kier alpha value is -1.85. The zero-order valence-corrected chi connectivity index (χ0v) is 14.7. The molecule has 0 saturated carbocycles. The largest absolute Gasteiger partial charge is 0.452 e. The molecule has 2 aromatic carbocycles. The van der Waals surface area contributed by atoms with E-state index < -0.39 is 5.97 Å². The van der Waals surface area contributed by atoms with Gasteiger partial charge in [-0.3, -0.25) is 4.79 Å². The van der Waals surface area contributed by atoms with Gasteiger partial charge in [-0.25, -0.2) is 4.79 Å². The zero-order valence-electron chi connectivity index (χ0n) is 12.4. The van der Waals surface area contributed by atoms with Crippen LogP contribution in [-0.2, 0) is 9.53 Å². The highest BCUT2D eigenvalue weighted by molar-refractivity contribution is 9.10. The number of carbonyl (C=O) groups is 2. The quantitative estimate of drug-likeness (QED) is 0.773. The number of carbonyl (C=O) groups excluding carboxylic acids is 2. The molecule has 23 heavy (non-hydrogen) atoms. The molecule has 0 radical (unpaired) electrons. The number of nitrogens with one attached hydrogen (secondary N) is 1. The molecule has 0 saturated heterocycles. The van der Waals surface area contributed by atoms with E-state index in [1.807, 2.05) is 31.2 Å². The standard InChI is InChI=1S/C17H15BrClNO3/c1-11(12-5-7-14(18)8-6-12)20-16(21)10-23-17(22)13-3-2-4-15(19)9-13/h2-9,11H,10H2,1H3,(H,20,21). The van der Waals surface area contributed by atoms with Crippen molar-refractivity contribution >= 4 is 39.4 Å². The van der Waals surface area contributed by atoms with Crippen molar-refractivity contribution in [3.05, 3.63) is 69.2 Å². The van der Waals surface area contributed by atoms with Gasteiger partial charge in [-0.2, -0.15) is 0 Å². The Balaban J connectivity index is 1.85. The van der Waals surface area contributed by atoms with E-state index in [-0.39, 0.29) is 18.6 Å². The Morgan fingerprint density at radius 2 is 1.91 bits per heavy atom.